The van der Waals surface area contributed by atoms with Crippen LogP contribution in [0, 0.1) is 5.92 Å². The molecule has 0 radical (unpaired) electrons. The van der Waals surface area contributed by atoms with Crippen LogP contribution in [-0.4, -0.2) is 35.2 Å². The van der Waals surface area contributed by atoms with Crippen LogP contribution < -0.4 is 4.74 Å². The van der Waals surface area contributed by atoms with Gasteiger partial charge in [0.15, 0.2) is 0 Å². The van der Waals surface area contributed by atoms with Crippen LogP contribution in [-0.2, 0) is 11.3 Å². The van der Waals surface area contributed by atoms with E-state index in [1.54, 1.807) is 7.11 Å². The van der Waals surface area contributed by atoms with E-state index >= 15 is 0 Å². The van der Waals surface area contributed by atoms with Crippen LogP contribution in [0.1, 0.15) is 37.7 Å². The van der Waals surface area contributed by atoms with Gasteiger partial charge in [0.25, 0.3) is 0 Å². The number of hydrogen-bond acceptors (Lipinski definition) is 3. The van der Waals surface area contributed by atoms with Gasteiger partial charge < -0.3 is 9.84 Å². The molecule has 1 N–H and O–H groups in total. The zero-order valence-electron chi connectivity index (χ0n) is 14.6. The molecule has 2 aromatic carbocycles. The third kappa shape index (κ3) is 3.11. The minimum Gasteiger partial charge on any atom is -0.497 e. The number of methoxy groups -OCH3 is 1. The number of carboxylic acid groups (broad SMARTS) is 1. The molecule has 0 bridgehead atoms. The largest absolute Gasteiger partial charge is 0.497 e. The van der Waals surface area contributed by atoms with Crippen molar-refractivity contribution in [3.63, 3.8) is 0 Å². The third-order valence-corrected chi connectivity index (χ3v) is 5.98. The molecule has 25 heavy (non-hydrogen) atoms. The van der Waals surface area contributed by atoms with Gasteiger partial charge in [-0.25, -0.2) is 0 Å². The Balaban J connectivity index is 1.61. The summed E-state index contributed by atoms with van der Waals surface area (Å²) >= 11 is 0. The summed E-state index contributed by atoms with van der Waals surface area (Å²) in [4.78, 5) is 14.0. The predicted octanol–water partition coefficient (Wildman–Crippen LogP) is 4.07. The highest BCUT2D eigenvalue weighted by Crippen LogP contribution is 2.40. The summed E-state index contributed by atoms with van der Waals surface area (Å²) in [5, 5.41) is 12.0. The van der Waals surface area contributed by atoms with Gasteiger partial charge in [-0.05, 0) is 59.7 Å². The number of rotatable bonds is 4. The topological polar surface area (TPSA) is 49.8 Å². The van der Waals surface area contributed by atoms with Crippen molar-refractivity contribution >= 4 is 16.7 Å². The predicted molar refractivity (Wildman–Crippen MR) is 97.8 cm³/mol. The quantitative estimate of drug-likeness (QED) is 0.912. The Morgan fingerprint density at radius 1 is 1.16 bits per heavy atom. The van der Waals surface area contributed by atoms with Crippen LogP contribution in [0.25, 0.3) is 10.8 Å². The molecule has 1 saturated heterocycles. The number of carbonyl (C=O) groups is 1. The number of likely N-dealkylation sites (tertiary alicyclic amines) is 1. The van der Waals surface area contributed by atoms with Gasteiger partial charge in [-0.1, -0.05) is 31.0 Å². The van der Waals surface area contributed by atoms with Crippen LogP contribution in [0.5, 0.6) is 5.75 Å². The van der Waals surface area contributed by atoms with E-state index in [0.717, 1.165) is 30.5 Å². The Morgan fingerprint density at radius 3 is 2.72 bits per heavy atom. The van der Waals surface area contributed by atoms with E-state index in [2.05, 4.69) is 29.2 Å². The molecule has 4 heteroatoms. The number of benzene rings is 2. The molecule has 2 fully saturated rings. The number of nitrogens with zero attached hydrogens (tertiary/aromatic N) is 1. The van der Waals surface area contributed by atoms with Gasteiger partial charge in [-0.15, -0.1) is 0 Å². The molecule has 4 nitrogen and oxygen atoms in total. The molecule has 2 aromatic rings. The summed E-state index contributed by atoms with van der Waals surface area (Å²) < 4.78 is 5.29. The first-order chi connectivity index (χ1) is 12.2. The Bertz CT molecular complexity index is 788. The first-order valence-electron chi connectivity index (χ1n) is 9.21. The number of aliphatic carboxylic acids is 1. The van der Waals surface area contributed by atoms with Crippen LogP contribution in [0.4, 0.5) is 0 Å². The van der Waals surface area contributed by atoms with E-state index in [9.17, 15) is 9.90 Å². The first kappa shape index (κ1) is 16.4. The highest BCUT2D eigenvalue weighted by molar-refractivity contribution is 5.84. The van der Waals surface area contributed by atoms with Gasteiger partial charge in [0.2, 0.25) is 0 Å². The summed E-state index contributed by atoms with van der Waals surface area (Å²) in [5.41, 5.74) is 1.19. The van der Waals surface area contributed by atoms with Gasteiger partial charge >= 0.3 is 5.97 Å². The van der Waals surface area contributed by atoms with Crippen LogP contribution >= 0.6 is 0 Å². The SMILES string of the molecule is COc1ccc2cc(CN3C(C(=O)O)CC4CCCCC43)ccc2c1. The van der Waals surface area contributed by atoms with E-state index in [-0.39, 0.29) is 6.04 Å². The smallest absolute Gasteiger partial charge is 0.320 e. The van der Waals surface area contributed by atoms with Crippen LogP contribution in [0.2, 0.25) is 0 Å². The number of carboxylic acids is 1. The molecule has 0 aromatic heterocycles. The Morgan fingerprint density at radius 2 is 1.92 bits per heavy atom. The highest BCUT2D eigenvalue weighted by atomic mass is 16.5. The van der Waals surface area contributed by atoms with Crippen molar-refractivity contribution in [2.45, 2.75) is 50.7 Å². The second-order valence-electron chi connectivity index (χ2n) is 7.42. The zero-order chi connectivity index (χ0) is 17.4. The summed E-state index contributed by atoms with van der Waals surface area (Å²) in [6.07, 6.45) is 5.60. The van der Waals surface area contributed by atoms with E-state index in [4.69, 9.17) is 4.74 Å². The average molecular weight is 339 g/mol. The normalized spacial score (nSPS) is 26.5. The molecule has 1 heterocycles. The van der Waals surface area contributed by atoms with Crippen molar-refractivity contribution in [3.05, 3.63) is 42.0 Å². The van der Waals surface area contributed by atoms with Gasteiger partial charge in [0, 0.05) is 12.6 Å². The van der Waals surface area contributed by atoms with Gasteiger partial charge in [0.1, 0.15) is 11.8 Å². The zero-order valence-corrected chi connectivity index (χ0v) is 14.6. The van der Waals surface area contributed by atoms with Crippen molar-refractivity contribution < 1.29 is 14.6 Å². The maximum absolute atomic E-state index is 11.8. The third-order valence-electron chi connectivity index (χ3n) is 5.98. The second kappa shape index (κ2) is 6.68. The fourth-order valence-electron chi connectivity index (χ4n) is 4.73. The standard InChI is InChI=1S/C21H25NO3/c1-25-18-9-8-15-10-14(6-7-16(15)11-18)13-22-19-5-3-2-4-17(19)12-20(22)21(23)24/h6-11,17,19-20H,2-5,12-13H2,1H3,(H,23,24). The number of fused-ring (bicyclic) bond motifs is 2. The van der Waals surface area contributed by atoms with Crippen molar-refractivity contribution in [3.8, 4) is 5.75 Å². The lowest BCUT2D eigenvalue weighted by Gasteiger charge is -2.33. The van der Waals surface area contributed by atoms with Gasteiger partial charge in [-0.2, -0.15) is 0 Å². The lowest BCUT2D eigenvalue weighted by Crippen LogP contribution is -2.41. The minimum absolute atomic E-state index is 0.334. The molecule has 1 aliphatic carbocycles. The molecular weight excluding hydrogens is 314 g/mol. The molecular formula is C21H25NO3. The monoisotopic (exact) mass is 339 g/mol. The fourth-order valence-corrected chi connectivity index (χ4v) is 4.73. The van der Waals surface area contributed by atoms with Crippen LogP contribution in [0.3, 0.4) is 0 Å². The minimum atomic E-state index is -0.667. The molecule has 0 spiro atoms. The summed E-state index contributed by atoms with van der Waals surface area (Å²) in [6.45, 7) is 0.722. The van der Waals surface area contributed by atoms with Crippen molar-refractivity contribution in [1.29, 1.82) is 0 Å². The van der Waals surface area contributed by atoms with E-state index in [0.29, 0.717) is 12.0 Å². The Hall–Kier alpha value is -2.07. The maximum Gasteiger partial charge on any atom is 0.320 e. The number of ether oxygens (including phenoxy) is 1. The number of hydrogen-bond donors (Lipinski definition) is 1. The van der Waals surface area contributed by atoms with E-state index in [1.165, 1.54) is 30.2 Å². The second-order valence-corrected chi connectivity index (χ2v) is 7.42. The summed E-state index contributed by atoms with van der Waals surface area (Å²) in [7, 11) is 1.68. The average Bonchev–Trinajstić information content (AvgIpc) is 3.00. The molecule has 3 unspecified atom stereocenters. The molecule has 132 valence electrons. The fraction of sp³-hybridized carbons (Fsp3) is 0.476. The van der Waals surface area contributed by atoms with Crippen LogP contribution in [0.15, 0.2) is 36.4 Å². The van der Waals surface area contributed by atoms with Crippen molar-refractivity contribution in [2.75, 3.05) is 7.11 Å². The maximum atomic E-state index is 11.8. The van der Waals surface area contributed by atoms with Crippen molar-refractivity contribution in [1.82, 2.24) is 4.90 Å². The Labute approximate surface area is 148 Å². The molecule has 3 atom stereocenters. The van der Waals surface area contributed by atoms with Crippen molar-refractivity contribution in [2.24, 2.45) is 5.92 Å². The first-order valence-corrected chi connectivity index (χ1v) is 9.21. The molecule has 0 amide bonds. The molecule has 4 rings (SSSR count). The Kier molecular flexibility index (Phi) is 4.38. The van der Waals surface area contributed by atoms with E-state index in [1.807, 2.05) is 12.1 Å². The molecule has 2 aliphatic rings. The summed E-state index contributed by atoms with van der Waals surface area (Å²) in [5.74, 6) is 0.746. The molecule has 1 aliphatic heterocycles. The molecule has 1 saturated carbocycles. The lowest BCUT2D eigenvalue weighted by atomic mass is 9.84. The highest BCUT2D eigenvalue weighted by Gasteiger charge is 2.44. The van der Waals surface area contributed by atoms with Gasteiger partial charge in [-0.3, -0.25) is 9.69 Å². The summed E-state index contributed by atoms with van der Waals surface area (Å²) in [6, 6.07) is 12.6. The van der Waals surface area contributed by atoms with Gasteiger partial charge in [0.05, 0.1) is 7.11 Å². The lowest BCUT2D eigenvalue weighted by molar-refractivity contribution is -0.142. The van der Waals surface area contributed by atoms with E-state index < -0.39 is 5.97 Å².